The van der Waals surface area contributed by atoms with Crippen LogP contribution in [0.2, 0.25) is 0 Å². The van der Waals surface area contributed by atoms with Crippen LogP contribution in [-0.2, 0) is 15.9 Å². The molecule has 1 aromatic carbocycles. The fraction of sp³-hybridized carbons (Fsp3) is 0.650. The Hall–Kier alpha value is -1.99. The van der Waals surface area contributed by atoms with E-state index in [1.165, 1.54) is 12.8 Å². The highest BCUT2D eigenvalue weighted by molar-refractivity contribution is 5.67. The maximum atomic E-state index is 12.4. The summed E-state index contributed by atoms with van der Waals surface area (Å²) >= 11 is 0. The van der Waals surface area contributed by atoms with Crippen LogP contribution in [0.25, 0.3) is 0 Å². The second-order valence-electron chi connectivity index (χ2n) is 7.77. The fourth-order valence-corrected chi connectivity index (χ4v) is 4.08. The molecule has 0 saturated carbocycles. The third-order valence-corrected chi connectivity index (χ3v) is 5.99. The van der Waals surface area contributed by atoms with Gasteiger partial charge >= 0.3 is 6.09 Å². The SMILES string of the molecule is CC(Cc1ccc2c(c1)OCO2)N(C)C(=O)OCCN1CCCC12COC2. The molecular weight excluding hydrogens is 348 g/mol. The van der Waals surface area contributed by atoms with Gasteiger partial charge in [0, 0.05) is 19.6 Å². The molecule has 1 unspecified atom stereocenters. The van der Waals surface area contributed by atoms with Gasteiger partial charge in [0.1, 0.15) is 6.61 Å². The molecule has 1 amide bonds. The van der Waals surface area contributed by atoms with Gasteiger partial charge in [0.05, 0.1) is 18.8 Å². The molecule has 0 bridgehead atoms. The van der Waals surface area contributed by atoms with Crippen molar-refractivity contribution in [3.63, 3.8) is 0 Å². The topological polar surface area (TPSA) is 60.5 Å². The highest BCUT2D eigenvalue weighted by atomic mass is 16.7. The molecule has 7 heteroatoms. The molecule has 1 atom stereocenters. The minimum absolute atomic E-state index is 0.0241. The average molecular weight is 376 g/mol. The molecule has 3 aliphatic rings. The Labute approximate surface area is 160 Å². The van der Waals surface area contributed by atoms with Gasteiger partial charge < -0.3 is 23.8 Å². The van der Waals surface area contributed by atoms with E-state index in [1.54, 1.807) is 11.9 Å². The lowest BCUT2D eigenvalue weighted by Gasteiger charge is -2.45. The standard InChI is InChI=1S/C20H28N2O5/c1-15(10-16-4-5-17-18(11-16)27-14-26-17)21(2)19(23)25-9-8-22-7-3-6-20(22)12-24-13-20/h4-5,11,15H,3,6-10,12-14H2,1-2H3. The van der Waals surface area contributed by atoms with E-state index in [2.05, 4.69) is 4.90 Å². The van der Waals surface area contributed by atoms with E-state index in [0.717, 1.165) is 49.8 Å². The van der Waals surface area contributed by atoms with Crippen molar-refractivity contribution in [3.05, 3.63) is 23.8 Å². The maximum absolute atomic E-state index is 12.4. The number of hydrogen-bond donors (Lipinski definition) is 0. The molecule has 1 spiro atoms. The highest BCUT2D eigenvalue weighted by Crippen LogP contribution is 2.35. The van der Waals surface area contributed by atoms with Gasteiger partial charge in [-0.25, -0.2) is 4.79 Å². The summed E-state index contributed by atoms with van der Waals surface area (Å²) in [4.78, 5) is 16.5. The Kier molecular flexibility index (Phi) is 5.14. The minimum atomic E-state index is -0.277. The number of ether oxygens (including phenoxy) is 4. The summed E-state index contributed by atoms with van der Waals surface area (Å²) in [5.74, 6) is 1.54. The summed E-state index contributed by atoms with van der Waals surface area (Å²) in [5.41, 5.74) is 1.32. The van der Waals surface area contributed by atoms with Crippen LogP contribution in [0.15, 0.2) is 18.2 Å². The first kappa shape index (κ1) is 18.4. The van der Waals surface area contributed by atoms with Crippen molar-refractivity contribution in [1.29, 1.82) is 0 Å². The largest absolute Gasteiger partial charge is 0.454 e. The number of likely N-dealkylation sites (tertiary alicyclic amines) is 1. The third kappa shape index (κ3) is 3.71. The van der Waals surface area contributed by atoms with Crippen molar-refractivity contribution in [2.24, 2.45) is 0 Å². The predicted molar refractivity (Wildman–Crippen MR) is 99.2 cm³/mol. The second kappa shape index (κ2) is 7.56. The van der Waals surface area contributed by atoms with Crippen LogP contribution in [0.3, 0.4) is 0 Å². The number of fused-ring (bicyclic) bond motifs is 1. The Morgan fingerprint density at radius 2 is 2.15 bits per heavy atom. The smallest absolute Gasteiger partial charge is 0.409 e. The van der Waals surface area contributed by atoms with Crippen molar-refractivity contribution < 1.29 is 23.7 Å². The fourth-order valence-electron chi connectivity index (χ4n) is 4.08. The van der Waals surface area contributed by atoms with Crippen molar-refractivity contribution >= 4 is 6.09 Å². The van der Waals surface area contributed by atoms with Gasteiger partial charge in [0.25, 0.3) is 0 Å². The van der Waals surface area contributed by atoms with Gasteiger partial charge in [-0.15, -0.1) is 0 Å². The first-order valence-electron chi connectivity index (χ1n) is 9.68. The number of hydrogen-bond acceptors (Lipinski definition) is 6. The molecular formula is C20H28N2O5. The van der Waals surface area contributed by atoms with Gasteiger partial charge in [0.2, 0.25) is 6.79 Å². The van der Waals surface area contributed by atoms with Gasteiger partial charge in [-0.05, 0) is 50.4 Å². The van der Waals surface area contributed by atoms with Crippen molar-refractivity contribution in [2.45, 2.75) is 37.8 Å². The highest BCUT2D eigenvalue weighted by Gasteiger charge is 2.46. The second-order valence-corrected chi connectivity index (χ2v) is 7.77. The van der Waals surface area contributed by atoms with Crippen molar-refractivity contribution in [1.82, 2.24) is 9.80 Å². The lowest BCUT2D eigenvalue weighted by atomic mass is 9.94. The zero-order valence-electron chi connectivity index (χ0n) is 16.1. The molecule has 0 N–H and O–H groups in total. The van der Waals surface area contributed by atoms with Crippen LogP contribution in [0.4, 0.5) is 4.79 Å². The van der Waals surface area contributed by atoms with E-state index in [4.69, 9.17) is 18.9 Å². The van der Waals surface area contributed by atoms with Gasteiger partial charge in [-0.3, -0.25) is 4.90 Å². The zero-order valence-corrected chi connectivity index (χ0v) is 16.1. The van der Waals surface area contributed by atoms with Gasteiger partial charge in [0.15, 0.2) is 11.5 Å². The monoisotopic (exact) mass is 376 g/mol. The molecule has 2 saturated heterocycles. The van der Waals surface area contributed by atoms with Crippen LogP contribution < -0.4 is 9.47 Å². The molecule has 3 aliphatic heterocycles. The predicted octanol–water partition coefficient (Wildman–Crippen LogP) is 2.28. The van der Waals surface area contributed by atoms with E-state index >= 15 is 0 Å². The van der Waals surface area contributed by atoms with Crippen LogP contribution in [-0.4, -0.2) is 74.2 Å². The molecule has 0 radical (unpaired) electrons. The first-order chi connectivity index (χ1) is 13.1. The Morgan fingerprint density at radius 1 is 1.33 bits per heavy atom. The number of benzene rings is 1. The van der Waals surface area contributed by atoms with E-state index in [1.807, 2.05) is 25.1 Å². The average Bonchev–Trinajstić information content (AvgIpc) is 3.26. The molecule has 27 heavy (non-hydrogen) atoms. The van der Waals surface area contributed by atoms with Crippen LogP contribution in [0.1, 0.15) is 25.3 Å². The molecule has 3 heterocycles. The lowest BCUT2D eigenvalue weighted by molar-refractivity contribution is -0.125. The van der Waals surface area contributed by atoms with Gasteiger partial charge in [-0.1, -0.05) is 6.07 Å². The lowest BCUT2D eigenvalue weighted by Crippen LogP contribution is -2.59. The van der Waals surface area contributed by atoms with Crippen molar-refractivity contribution in [3.8, 4) is 11.5 Å². The van der Waals surface area contributed by atoms with Crippen LogP contribution in [0.5, 0.6) is 11.5 Å². The van der Waals surface area contributed by atoms with Gasteiger partial charge in [-0.2, -0.15) is 0 Å². The minimum Gasteiger partial charge on any atom is -0.454 e. The summed E-state index contributed by atoms with van der Waals surface area (Å²) < 4.78 is 21.7. The molecule has 4 rings (SSSR count). The number of nitrogens with zero attached hydrogens (tertiary/aromatic N) is 2. The molecule has 2 fully saturated rings. The van der Waals surface area contributed by atoms with Crippen LogP contribution in [0, 0.1) is 0 Å². The van der Waals surface area contributed by atoms with E-state index in [9.17, 15) is 4.79 Å². The van der Waals surface area contributed by atoms with E-state index < -0.39 is 0 Å². The number of likely N-dealkylation sites (N-methyl/N-ethyl adjacent to an activating group) is 1. The van der Waals surface area contributed by atoms with E-state index in [-0.39, 0.29) is 24.5 Å². The van der Waals surface area contributed by atoms with Crippen LogP contribution >= 0.6 is 0 Å². The summed E-state index contributed by atoms with van der Waals surface area (Å²) in [6.07, 6.45) is 2.84. The Bertz CT molecular complexity index is 691. The van der Waals surface area contributed by atoms with Crippen molar-refractivity contribution in [2.75, 3.05) is 46.8 Å². The molecule has 7 nitrogen and oxygen atoms in total. The summed E-state index contributed by atoms with van der Waals surface area (Å²) in [7, 11) is 1.79. The molecule has 148 valence electrons. The summed E-state index contributed by atoms with van der Waals surface area (Å²) in [5, 5.41) is 0. The zero-order chi connectivity index (χ0) is 18.9. The first-order valence-corrected chi connectivity index (χ1v) is 9.68. The number of amides is 1. The maximum Gasteiger partial charge on any atom is 0.409 e. The molecule has 0 aliphatic carbocycles. The Balaban J connectivity index is 1.23. The van der Waals surface area contributed by atoms with E-state index in [0.29, 0.717) is 6.61 Å². The third-order valence-electron chi connectivity index (χ3n) is 5.99. The molecule has 0 aromatic heterocycles. The molecule has 1 aromatic rings. The summed E-state index contributed by atoms with van der Waals surface area (Å²) in [6, 6.07) is 5.93. The number of rotatable bonds is 6. The Morgan fingerprint density at radius 3 is 2.93 bits per heavy atom. The quantitative estimate of drug-likeness (QED) is 0.759. The number of carbonyl (C=O) groups excluding carboxylic acids is 1. The number of carbonyl (C=O) groups is 1. The normalized spacial score (nSPS) is 21.1. The summed E-state index contributed by atoms with van der Waals surface area (Å²) in [6.45, 7) is 6.18.